The van der Waals surface area contributed by atoms with E-state index in [-0.39, 0.29) is 24.0 Å². The lowest BCUT2D eigenvalue weighted by atomic mass is 10.1. The Bertz CT molecular complexity index is 982. The summed E-state index contributed by atoms with van der Waals surface area (Å²) in [5.74, 6) is 0.761. The standard InChI is InChI=1S/C24H31N5O.HI/c1-5-30-17-21-12-10-20(11-13-21)15-26-24(25-4)27-16-22-8-6-7-9-23(22)29-19(3)14-18(2)28-29;/h6-14H,5,15-17H2,1-4H3,(H2,25,26,27);1H. The third-order valence-electron chi connectivity index (χ3n) is 4.86. The maximum atomic E-state index is 5.45. The minimum Gasteiger partial charge on any atom is -0.377 e. The van der Waals surface area contributed by atoms with Crippen LogP contribution in [0.2, 0.25) is 0 Å². The second-order valence-electron chi connectivity index (χ2n) is 7.20. The van der Waals surface area contributed by atoms with Crippen molar-refractivity contribution in [1.29, 1.82) is 0 Å². The summed E-state index contributed by atoms with van der Waals surface area (Å²) in [4.78, 5) is 4.35. The van der Waals surface area contributed by atoms with Crippen molar-refractivity contribution in [3.63, 3.8) is 0 Å². The molecule has 0 radical (unpaired) electrons. The maximum Gasteiger partial charge on any atom is 0.191 e. The minimum absolute atomic E-state index is 0. The first-order valence-corrected chi connectivity index (χ1v) is 10.3. The molecule has 0 aliphatic rings. The Balaban J connectivity index is 0.00000341. The molecule has 7 heteroatoms. The molecule has 31 heavy (non-hydrogen) atoms. The highest BCUT2D eigenvalue weighted by Crippen LogP contribution is 2.17. The number of nitrogens with zero attached hydrogens (tertiary/aromatic N) is 3. The molecule has 0 amide bonds. The summed E-state index contributed by atoms with van der Waals surface area (Å²) in [5, 5.41) is 11.4. The Morgan fingerprint density at radius 3 is 2.32 bits per heavy atom. The van der Waals surface area contributed by atoms with Crippen LogP contribution in [0.15, 0.2) is 59.6 Å². The van der Waals surface area contributed by atoms with Gasteiger partial charge in [-0.25, -0.2) is 4.68 Å². The van der Waals surface area contributed by atoms with Gasteiger partial charge in [-0.2, -0.15) is 5.10 Å². The number of ether oxygens (including phenoxy) is 1. The fourth-order valence-corrected chi connectivity index (χ4v) is 3.30. The van der Waals surface area contributed by atoms with Crippen LogP contribution in [0.4, 0.5) is 0 Å². The lowest BCUT2D eigenvalue weighted by Crippen LogP contribution is -2.36. The van der Waals surface area contributed by atoms with Crippen LogP contribution in [0.25, 0.3) is 5.69 Å². The second-order valence-corrected chi connectivity index (χ2v) is 7.20. The number of hydrogen-bond acceptors (Lipinski definition) is 3. The number of guanidine groups is 1. The van der Waals surface area contributed by atoms with Gasteiger partial charge in [0.05, 0.1) is 18.0 Å². The van der Waals surface area contributed by atoms with Crippen LogP contribution in [-0.4, -0.2) is 29.4 Å². The lowest BCUT2D eigenvalue weighted by Gasteiger charge is -2.15. The molecule has 0 atom stereocenters. The number of para-hydroxylation sites is 1. The average molecular weight is 533 g/mol. The van der Waals surface area contributed by atoms with E-state index in [0.29, 0.717) is 19.7 Å². The van der Waals surface area contributed by atoms with E-state index in [2.05, 4.69) is 70.1 Å². The van der Waals surface area contributed by atoms with Crippen LogP contribution >= 0.6 is 24.0 Å². The average Bonchev–Trinajstić information content (AvgIpc) is 3.11. The first-order valence-electron chi connectivity index (χ1n) is 10.3. The molecule has 0 spiro atoms. The number of nitrogens with one attached hydrogen (secondary N) is 2. The predicted octanol–water partition coefficient (Wildman–Crippen LogP) is 4.51. The molecular weight excluding hydrogens is 501 g/mol. The molecule has 0 aliphatic heterocycles. The predicted molar refractivity (Wildman–Crippen MR) is 137 cm³/mol. The largest absolute Gasteiger partial charge is 0.377 e. The normalized spacial score (nSPS) is 11.2. The Morgan fingerprint density at radius 2 is 1.68 bits per heavy atom. The van der Waals surface area contributed by atoms with Crippen molar-refractivity contribution in [1.82, 2.24) is 20.4 Å². The molecule has 2 N–H and O–H groups in total. The summed E-state index contributed by atoms with van der Waals surface area (Å²) in [7, 11) is 1.79. The van der Waals surface area contributed by atoms with E-state index in [1.54, 1.807) is 7.05 Å². The Labute approximate surface area is 202 Å². The molecule has 3 rings (SSSR count). The van der Waals surface area contributed by atoms with Crippen LogP contribution in [0, 0.1) is 13.8 Å². The van der Waals surface area contributed by atoms with Crippen molar-refractivity contribution in [2.75, 3.05) is 13.7 Å². The van der Waals surface area contributed by atoms with Crippen molar-refractivity contribution in [3.05, 3.63) is 82.7 Å². The number of rotatable bonds is 8. The zero-order chi connectivity index (χ0) is 21.3. The van der Waals surface area contributed by atoms with Gasteiger partial charge in [-0.3, -0.25) is 4.99 Å². The monoisotopic (exact) mass is 533 g/mol. The Morgan fingerprint density at radius 1 is 1.00 bits per heavy atom. The molecule has 0 fully saturated rings. The SMILES string of the molecule is CCOCc1ccc(CNC(=NC)NCc2ccccc2-n2nc(C)cc2C)cc1.I. The minimum atomic E-state index is 0. The van der Waals surface area contributed by atoms with Gasteiger partial charge < -0.3 is 15.4 Å². The number of benzene rings is 2. The highest BCUT2D eigenvalue weighted by molar-refractivity contribution is 14.0. The molecule has 0 aliphatic carbocycles. The van der Waals surface area contributed by atoms with Gasteiger partial charge in [0.1, 0.15) is 0 Å². The smallest absolute Gasteiger partial charge is 0.191 e. The van der Waals surface area contributed by atoms with Crippen LogP contribution in [0.3, 0.4) is 0 Å². The zero-order valence-electron chi connectivity index (χ0n) is 18.7. The highest BCUT2D eigenvalue weighted by Gasteiger charge is 2.09. The van der Waals surface area contributed by atoms with E-state index in [1.165, 1.54) is 11.1 Å². The molecule has 2 aromatic carbocycles. The third kappa shape index (κ3) is 7.07. The van der Waals surface area contributed by atoms with E-state index < -0.39 is 0 Å². The van der Waals surface area contributed by atoms with E-state index in [4.69, 9.17) is 4.74 Å². The number of aliphatic imine (C=N–C) groups is 1. The third-order valence-corrected chi connectivity index (χ3v) is 4.86. The van der Waals surface area contributed by atoms with Gasteiger partial charge >= 0.3 is 0 Å². The molecule has 1 heterocycles. The van der Waals surface area contributed by atoms with Crippen LogP contribution in [0.1, 0.15) is 35.0 Å². The quantitative estimate of drug-likeness (QED) is 0.254. The van der Waals surface area contributed by atoms with E-state index >= 15 is 0 Å². The summed E-state index contributed by atoms with van der Waals surface area (Å²) < 4.78 is 7.44. The molecule has 3 aromatic rings. The number of halogens is 1. The number of aryl methyl sites for hydroxylation is 2. The summed E-state index contributed by atoms with van der Waals surface area (Å²) in [5.41, 5.74) is 6.75. The number of hydrogen-bond donors (Lipinski definition) is 2. The van der Waals surface area contributed by atoms with Crippen molar-refractivity contribution in [2.24, 2.45) is 4.99 Å². The molecule has 6 nitrogen and oxygen atoms in total. The van der Waals surface area contributed by atoms with Gasteiger partial charge in [-0.15, -0.1) is 24.0 Å². The number of aromatic nitrogens is 2. The van der Waals surface area contributed by atoms with Crippen LogP contribution in [0.5, 0.6) is 0 Å². The second kappa shape index (κ2) is 12.5. The van der Waals surface area contributed by atoms with Gasteiger partial charge in [-0.05, 0) is 49.6 Å². The topological polar surface area (TPSA) is 63.5 Å². The molecule has 0 unspecified atom stereocenters. The summed E-state index contributed by atoms with van der Waals surface area (Å²) in [6.07, 6.45) is 0. The van der Waals surface area contributed by atoms with Crippen molar-refractivity contribution >= 4 is 29.9 Å². The fourth-order valence-electron chi connectivity index (χ4n) is 3.30. The van der Waals surface area contributed by atoms with Gasteiger partial charge in [-0.1, -0.05) is 42.5 Å². The van der Waals surface area contributed by atoms with Gasteiger partial charge in [0.25, 0.3) is 0 Å². The summed E-state index contributed by atoms with van der Waals surface area (Å²) in [6.45, 7) is 8.83. The summed E-state index contributed by atoms with van der Waals surface area (Å²) in [6, 6.07) is 18.8. The molecule has 166 valence electrons. The van der Waals surface area contributed by atoms with Gasteiger partial charge in [0, 0.05) is 32.4 Å². The molecule has 0 saturated carbocycles. The van der Waals surface area contributed by atoms with E-state index in [0.717, 1.165) is 35.2 Å². The van der Waals surface area contributed by atoms with E-state index in [1.807, 2.05) is 30.7 Å². The Hall–Kier alpha value is -2.39. The zero-order valence-corrected chi connectivity index (χ0v) is 21.0. The first-order chi connectivity index (χ1) is 14.6. The van der Waals surface area contributed by atoms with Crippen molar-refractivity contribution in [2.45, 2.75) is 40.5 Å². The van der Waals surface area contributed by atoms with Crippen molar-refractivity contribution in [3.8, 4) is 5.69 Å². The van der Waals surface area contributed by atoms with Gasteiger partial charge in [0.15, 0.2) is 5.96 Å². The molecule has 0 bridgehead atoms. The van der Waals surface area contributed by atoms with Crippen LogP contribution in [-0.2, 0) is 24.4 Å². The Kier molecular flexibility index (Phi) is 10.00. The van der Waals surface area contributed by atoms with Gasteiger partial charge in [0.2, 0.25) is 0 Å². The summed E-state index contributed by atoms with van der Waals surface area (Å²) >= 11 is 0. The first kappa shape index (κ1) is 24.9. The highest BCUT2D eigenvalue weighted by atomic mass is 127. The van der Waals surface area contributed by atoms with Crippen molar-refractivity contribution < 1.29 is 4.74 Å². The molecule has 1 aromatic heterocycles. The fraction of sp³-hybridized carbons (Fsp3) is 0.333. The van der Waals surface area contributed by atoms with E-state index in [9.17, 15) is 0 Å². The molecular formula is C24H32IN5O. The lowest BCUT2D eigenvalue weighted by molar-refractivity contribution is 0.134. The van der Waals surface area contributed by atoms with Crippen LogP contribution < -0.4 is 10.6 Å². The maximum absolute atomic E-state index is 5.45. The molecule has 0 saturated heterocycles.